The van der Waals surface area contributed by atoms with Crippen molar-refractivity contribution in [2.24, 2.45) is 11.3 Å². The van der Waals surface area contributed by atoms with Crippen molar-refractivity contribution in [3.63, 3.8) is 0 Å². The third-order valence-corrected chi connectivity index (χ3v) is 4.87. The molecule has 1 aliphatic rings. The molecule has 0 amide bonds. The van der Waals surface area contributed by atoms with Gasteiger partial charge >= 0.3 is 0 Å². The lowest BCUT2D eigenvalue weighted by atomic mass is 9.79. The van der Waals surface area contributed by atoms with Crippen LogP contribution in [0, 0.1) is 25.2 Å². The van der Waals surface area contributed by atoms with Gasteiger partial charge in [0.15, 0.2) is 0 Å². The summed E-state index contributed by atoms with van der Waals surface area (Å²) in [6, 6.07) is 7.03. The molecule has 20 heavy (non-hydrogen) atoms. The van der Waals surface area contributed by atoms with E-state index in [-0.39, 0.29) is 0 Å². The van der Waals surface area contributed by atoms with E-state index < -0.39 is 0 Å². The van der Waals surface area contributed by atoms with Crippen molar-refractivity contribution < 1.29 is 0 Å². The highest BCUT2D eigenvalue weighted by molar-refractivity contribution is 5.30. The lowest BCUT2D eigenvalue weighted by Gasteiger charge is -2.30. The molecule has 0 saturated heterocycles. The summed E-state index contributed by atoms with van der Waals surface area (Å²) in [5, 5.41) is 3.71. The Labute approximate surface area is 125 Å². The van der Waals surface area contributed by atoms with Crippen molar-refractivity contribution in [3.05, 3.63) is 34.9 Å². The normalized spacial score (nSPS) is 17.9. The van der Waals surface area contributed by atoms with Gasteiger partial charge in [0.1, 0.15) is 0 Å². The van der Waals surface area contributed by atoms with Crippen LogP contribution in [0.2, 0.25) is 0 Å². The molecule has 0 spiro atoms. The molecule has 1 aliphatic carbocycles. The van der Waals surface area contributed by atoms with Gasteiger partial charge in [0.05, 0.1) is 0 Å². The van der Waals surface area contributed by atoms with Crippen LogP contribution < -0.4 is 5.32 Å². The average molecular weight is 273 g/mol. The maximum Gasteiger partial charge on any atom is 0.00111 e. The molecule has 1 aromatic rings. The molecule has 1 aromatic carbocycles. The Kier molecular flexibility index (Phi) is 5.26. The highest BCUT2D eigenvalue weighted by atomic mass is 14.9. The number of rotatable bonds is 6. The number of nitrogens with one attached hydrogen (secondary N) is 1. The average Bonchev–Trinajstić information content (AvgIpc) is 2.82. The molecule has 1 fully saturated rings. The van der Waals surface area contributed by atoms with Gasteiger partial charge in [0, 0.05) is 6.54 Å². The first kappa shape index (κ1) is 15.6. The molecule has 1 heteroatoms. The van der Waals surface area contributed by atoms with E-state index in [4.69, 9.17) is 0 Å². The lowest BCUT2D eigenvalue weighted by Crippen LogP contribution is -2.35. The second-order valence-electron chi connectivity index (χ2n) is 7.33. The van der Waals surface area contributed by atoms with Gasteiger partial charge in [-0.25, -0.2) is 0 Å². The fourth-order valence-corrected chi connectivity index (χ4v) is 3.51. The largest absolute Gasteiger partial charge is 0.316 e. The van der Waals surface area contributed by atoms with Crippen LogP contribution in [0.5, 0.6) is 0 Å². The van der Waals surface area contributed by atoms with E-state index in [1.165, 1.54) is 55.3 Å². The summed E-state index contributed by atoms with van der Waals surface area (Å²) >= 11 is 0. The lowest BCUT2D eigenvalue weighted by molar-refractivity contribution is 0.273. The number of hydrogen-bond acceptors (Lipinski definition) is 1. The van der Waals surface area contributed by atoms with Crippen LogP contribution in [-0.2, 0) is 6.42 Å². The van der Waals surface area contributed by atoms with Gasteiger partial charge in [0.2, 0.25) is 0 Å². The van der Waals surface area contributed by atoms with Crippen LogP contribution >= 0.6 is 0 Å². The van der Waals surface area contributed by atoms with E-state index in [2.05, 4.69) is 51.2 Å². The van der Waals surface area contributed by atoms with E-state index in [0.29, 0.717) is 5.41 Å². The predicted octanol–water partition coefficient (Wildman–Crippen LogP) is 4.65. The summed E-state index contributed by atoms with van der Waals surface area (Å²) in [6.07, 6.45) is 6.86. The standard InChI is InChI=1S/C19H31N/c1-15(2)13-20-14-19(9-5-6-10-19)12-18-8-7-16(3)17(4)11-18/h7-8,11,15,20H,5-6,9-10,12-14H2,1-4H3. The summed E-state index contributed by atoms with van der Waals surface area (Å²) in [7, 11) is 0. The molecule has 0 unspecified atom stereocenters. The Hall–Kier alpha value is -0.820. The number of aryl methyl sites for hydroxylation is 2. The zero-order chi connectivity index (χ0) is 14.6. The Morgan fingerprint density at radius 3 is 2.40 bits per heavy atom. The van der Waals surface area contributed by atoms with Gasteiger partial charge in [-0.3, -0.25) is 0 Å². The Bertz CT molecular complexity index is 427. The third-order valence-electron chi connectivity index (χ3n) is 4.87. The zero-order valence-electron chi connectivity index (χ0n) is 13.8. The monoisotopic (exact) mass is 273 g/mol. The van der Waals surface area contributed by atoms with E-state index in [0.717, 1.165) is 12.5 Å². The summed E-state index contributed by atoms with van der Waals surface area (Å²) in [4.78, 5) is 0. The van der Waals surface area contributed by atoms with E-state index >= 15 is 0 Å². The zero-order valence-corrected chi connectivity index (χ0v) is 13.8. The Morgan fingerprint density at radius 1 is 1.10 bits per heavy atom. The first-order chi connectivity index (χ1) is 9.51. The highest BCUT2D eigenvalue weighted by Gasteiger charge is 2.33. The predicted molar refractivity (Wildman–Crippen MR) is 88.2 cm³/mol. The number of hydrogen-bond donors (Lipinski definition) is 1. The highest BCUT2D eigenvalue weighted by Crippen LogP contribution is 2.40. The third kappa shape index (κ3) is 4.09. The van der Waals surface area contributed by atoms with Crippen molar-refractivity contribution >= 4 is 0 Å². The van der Waals surface area contributed by atoms with E-state index in [1.807, 2.05) is 0 Å². The maximum atomic E-state index is 3.71. The Balaban J connectivity index is 2.02. The minimum atomic E-state index is 0.511. The molecule has 0 atom stereocenters. The number of benzene rings is 1. The van der Waals surface area contributed by atoms with Gasteiger partial charge in [-0.2, -0.15) is 0 Å². The maximum absolute atomic E-state index is 3.71. The van der Waals surface area contributed by atoms with Gasteiger partial charge in [-0.15, -0.1) is 0 Å². The topological polar surface area (TPSA) is 12.0 Å². The van der Waals surface area contributed by atoms with Crippen molar-refractivity contribution in [1.82, 2.24) is 5.32 Å². The van der Waals surface area contributed by atoms with Crippen LogP contribution in [0.15, 0.2) is 18.2 Å². The van der Waals surface area contributed by atoms with Gasteiger partial charge in [0.25, 0.3) is 0 Å². The molecule has 1 N–H and O–H groups in total. The molecule has 1 nitrogen and oxygen atoms in total. The fourth-order valence-electron chi connectivity index (χ4n) is 3.51. The quantitative estimate of drug-likeness (QED) is 0.795. The molecule has 0 bridgehead atoms. The summed E-state index contributed by atoms with van der Waals surface area (Å²) < 4.78 is 0. The molecule has 2 rings (SSSR count). The minimum Gasteiger partial charge on any atom is -0.316 e. The van der Waals surface area contributed by atoms with Crippen molar-refractivity contribution in [1.29, 1.82) is 0 Å². The first-order valence-electron chi connectivity index (χ1n) is 8.28. The van der Waals surface area contributed by atoms with Gasteiger partial charge in [-0.1, -0.05) is 44.9 Å². The first-order valence-corrected chi connectivity index (χ1v) is 8.28. The van der Waals surface area contributed by atoms with Crippen LogP contribution in [-0.4, -0.2) is 13.1 Å². The van der Waals surface area contributed by atoms with E-state index in [1.54, 1.807) is 0 Å². The molecule has 0 radical (unpaired) electrons. The molecule has 0 aromatic heterocycles. The van der Waals surface area contributed by atoms with Crippen LogP contribution in [0.4, 0.5) is 0 Å². The van der Waals surface area contributed by atoms with Gasteiger partial charge in [-0.05, 0) is 67.7 Å². The van der Waals surface area contributed by atoms with Gasteiger partial charge < -0.3 is 5.32 Å². The molecule has 0 aliphatic heterocycles. The Morgan fingerprint density at radius 2 is 1.80 bits per heavy atom. The molecule has 0 heterocycles. The second-order valence-corrected chi connectivity index (χ2v) is 7.33. The smallest absolute Gasteiger partial charge is 0.00111 e. The summed E-state index contributed by atoms with van der Waals surface area (Å²) in [5.74, 6) is 0.745. The molecular formula is C19H31N. The van der Waals surface area contributed by atoms with Crippen LogP contribution in [0.3, 0.4) is 0 Å². The summed E-state index contributed by atoms with van der Waals surface area (Å²) in [6.45, 7) is 11.4. The fraction of sp³-hybridized carbons (Fsp3) is 0.684. The van der Waals surface area contributed by atoms with Crippen molar-refractivity contribution in [2.45, 2.75) is 59.8 Å². The minimum absolute atomic E-state index is 0.511. The van der Waals surface area contributed by atoms with Crippen molar-refractivity contribution in [2.75, 3.05) is 13.1 Å². The van der Waals surface area contributed by atoms with Crippen LogP contribution in [0.25, 0.3) is 0 Å². The summed E-state index contributed by atoms with van der Waals surface area (Å²) in [5.41, 5.74) is 4.88. The van der Waals surface area contributed by atoms with E-state index in [9.17, 15) is 0 Å². The SMILES string of the molecule is Cc1ccc(CC2(CNCC(C)C)CCCC2)cc1C. The molecule has 112 valence electrons. The molecule has 1 saturated carbocycles. The van der Waals surface area contributed by atoms with Crippen molar-refractivity contribution in [3.8, 4) is 0 Å². The molecular weight excluding hydrogens is 242 g/mol. The van der Waals surface area contributed by atoms with Crippen LogP contribution in [0.1, 0.15) is 56.2 Å². The second kappa shape index (κ2) is 6.76.